The third-order valence-corrected chi connectivity index (χ3v) is 3.75. The van der Waals surface area contributed by atoms with Crippen molar-refractivity contribution in [1.29, 1.82) is 0 Å². The quantitative estimate of drug-likeness (QED) is 0.607. The molecule has 0 saturated heterocycles. The predicted octanol–water partition coefficient (Wildman–Crippen LogP) is 3.19. The number of carbonyl (C=O) groups excluding carboxylic acids is 1. The highest BCUT2D eigenvalue weighted by molar-refractivity contribution is 9.10. The molecule has 0 aliphatic rings. The maximum Gasteiger partial charge on any atom is 0.343 e. The average molecular weight is 378 g/mol. The number of carbonyl (C=O) groups is 1. The van der Waals surface area contributed by atoms with Crippen LogP contribution in [0.3, 0.4) is 0 Å². The number of aromatic nitrogens is 1. The van der Waals surface area contributed by atoms with Gasteiger partial charge in [-0.05, 0) is 28.9 Å². The van der Waals surface area contributed by atoms with Crippen LogP contribution in [0.4, 0.5) is 13.2 Å². The second-order valence-electron chi connectivity index (χ2n) is 4.36. The molecule has 1 heterocycles. The first kappa shape index (κ1) is 16.5. The molecule has 2 aromatic rings. The SMILES string of the molecule is CCOC(=O)c1cn(CCF)c2c(F)c(Br)c(F)cc2c1=O. The molecule has 22 heavy (non-hydrogen) atoms. The van der Waals surface area contributed by atoms with Crippen molar-refractivity contribution in [1.82, 2.24) is 4.57 Å². The lowest BCUT2D eigenvalue weighted by Gasteiger charge is -2.13. The van der Waals surface area contributed by atoms with Gasteiger partial charge in [-0.25, -0.2) is 18.0 Å². The lowest BCUT2D eigenvalue weighted by Crippen LogP contribution is -2.22. The van der Waals surface area contributed by atoms with E-state index in [2.05, 4.69) is 15.9 Å². The molecule has 0 atom stereocenters. The number of hydrogen-bond acceptors (Lipinski definition) is 3. The summed E-state index contributed by atoms with van der Waals surface area (Å²) in [5, 5.41) is -0.350. The van der Waals surface area contributed by atoms with Gasteiger partial charge in [-0.1, -0.05) is 0 Å². The summed E-state index contributed by atoms with van der Waals surface area (Å²) < 4.78 is 45.9. The lowest BCUT2D eigenvalue weighted by atomic mass is 10.1. The van der Waals surface area contributed by atoms with E-state index in [1.54, 1.807) is 6.92 Å². The van der Waals surface area contributed by atoms with Gasteiger partial charge in [0.15, 0.2) is 5.82 Å². The number of pyridine rings is 1. The first-order valence-electron chi connectivity index (χ1n) is 6.36. The number of rotatable bonds is 4. The monoisotopic (exact) mass is 377 g/mol. The van der Waals surface area contributed by atoms with E-state index in [1.807, 2.05) is 0 Å². The third-order valence-electron chi connectivity index (χ3n) is 3.02. The zero-order chi connectivity index (χ0) is 16.4. The van der Waals surface area contributed by atoms with E-state index < -0.39 is 39.7 Å². The lowest BCUT2D eigenvalue weighted by molar-refractivity contribution is 0.0524. The number of aryl methyl sites for hydroxylation is 1. The molecule has 0 spiro atoms. The Labute approximate surface area is 131 Å². The summed E-state index contributed by atoms with van der Waals surface area (Å²) in [4.78, 5) is 24.0. The largest absolute Gasteiger partial charge is 0.462 e. The number of ether oxygens (including phenoxy) is 1. The minimum Gasteiger partial charge on any atom is -0.462 e. The van der Waals surface area contributed by atoms with E-state index in [-0.39, 0.29) is 24.1 Å². The summed E-state index contributed by atoms with van der Waals surface area (Å²) in [6, 6.07) is 0.808. The highest BCUT2D eigenvalue weighted by atomic mass is 79.9. The van der Waals surface area contributed by atoms with Gasteiger partial charge in [-0.3, -0.25) is 4.79 Å². The first-order valence-corrected chi connectivity index (χ1v) is 7.15. The molecule has 0 fully saturated rings. The molecule has 0 bridgehead atoms. The van der Waals surface area contributed by atoms with Crippen LogP contribution in [0.15, 0.2) is 21.5 Å². The highest BCUT2D eigenvalue weighted by Crippen LogP contribution is 2.27. The van der Waals surface area contributed by atoms with Gasteiger partial charge in [0, 0.05) is 6.20 Å². The molecular weight excluding hydrogens is 367 g/mol. The summed E-state index contributed by atoms with van der Waals surface area (Å²) in [6.45, 7) is 0.435. The van der Waals surface area contributed by atoms with Gasteiger partial charge >= 0.3 is 5.97 Å². The van der Waals surface area contributed by atoms with Crippen LogP contribution in [0, 0.1) is 11.6 Å². The van der Waals surface area contributed by atoms with Crippen molar-refractivity contribution in [3.8, 4) is 0 Å². The van der Waals surface area contributed by atoms with Gasteiger partial charge in [0.05, 0.1) is 28.5 Å². The molecular formula is C14H11BrF3NO3. The molecule has 0 amide bonds. The summed E-state index contributed by atoms with van der Waals surface area (Å²) in [5.74, 6) is -2.95. The highest BCUT2D eigenvalue weighted by Gasteiger charge is 2.21. The Morgan fingerprint density at radius 3 is 2.68 bits per heavy atom. The van der Waals surface area contributed by atoms with Crippen molar-refractivity contribution in [2.45, 2.75) is 13.5 Å². The molecule has 2 rings (SSSR count). The topological polar surface area (TPSA) is 48.3 Å². The van der Waals surface area contributed by atoms with Crippen LogP contribution in [0.25, 0.3) is 10.9 Å². The standard InChI is InChI=1S/C14H11BrF3NO3/c1-2-22-14(21)8-6-19(4-3-16)12-7(13(8)20)5-9(17)10(15)11(12)18/h5-6H,2-4H2,1H3. The Morgan fingerprint density at radius 2 is 2.09 bits per heavy atom. The minimum absolute atomic E-state index is 0.0302. The Balaban J connectivity index is 2.88. The van der Waals surface area contributed by atoms with E-state index in [1.165, 1.54) is 0 Å². The molecule has 0 N–H and O–H groups in total. The fraction of sp³-hybridized carbons (Fsp3) is 0.286. The predicted molar refractivity (Wildman–Crippen MR) is 77.8 cm³/mol. The Bertz CT molecular complexity index is 804. The normalized spacial score (nSPS) is 11.0. The van der Waals surface area contributed by atoms with Crippen LogP contribution >= 0.6 is 15.9 Å². The molecule has 118 valence electrons. The van der Waals surface area contributed by atoms with E-state index in [4.69, 9.17) is 4.74 Å². The third kappa shape index (κ3) is 2.75. The van der Waals surface area contributed by atoms with E-state index >= 15 is 0 Å². The fourth-order valence-corrected chi connectivity index (χ4v) is 2.39. The second kappa shape index (κ2) is 6.51. The molecule has 0 radical (unpaired) electrons. The number of nitrogens with zero attached hydrogens (tertiary/aromatic N) is 1. The Kier molecular flexibility index (Phi) is 4.90. The van der Waals surface area contributed by atoms with E-state index in [0.717, 1.165) is 16.8 Å². The molecule has 4 nitrogen and oxygen atoms in total. The number of alkyl halides is 1. The van der Waals surface area contributed by atoms with Gasteiger partial charge in [-0.15, -0.1) is 0 Å². The molecule has 0 saturated carbocycles. The Hall–Kier alpha value is -1.83. The van der Waals surface area contributed by atoms with Crippen LogP contribution in [0.1, 0.15) is 17.3 Å². The van der Waals surface area contributed by atoms with Crippen molar-refractivity contribution < 1.29 is 22.7 Å². The zero-order valence-electron chi connectivity index (χ0n) is 11.5. The summed E-state index contributed by atoms with van der Waals surface area (Å²) in [5.41, 5.74) is -1.54. The van der Waals surface area contributed by atoms with Crippen LogP contribution in [0.5, 0.6) is 0 Å². The molecule has 0 unspecified atom stereocenters. The van der Waals surface area contributed by atoms with Crippen LogP contribution in [0.2, 0.25) is 0 Å². The number of fused-ring (bicyclic) bond motifs is 1. The van der Waals surface area contributed by atoms with Crippen molar-refractivity contribution in [2.75, 3.05) is 13.3 Å². The molecule has 0 aliphatic carbocycles. The minimum atomic E-state index is -1.03. The van der Waals surface area contributed by atoms with Gasteiger partial charge in [0.2, 0.25) is 5.43 Å². The van der Waals surface area contributed by atoms with E-state index in [0.29, 0.717) is 0 Å². The van der Waals surface area contributed by atoms with Gasteiger partial charge < -0.3 is 9.30 Å². The van der Waals surface area contributed by atoms with Crippen molar-refractivity contribution in [3.63, 3.8) is 0 Å². The smallest absolute Gasteiger partial charge is 0.343 e. The molecule has 0 aliphatic heterocycles. The summed E-state index contributed by atoms with van der Waals surface area (Å²) in [6.07, 6.45) is 1.02. The number of benzene rings is 1. The molecule has 1 aromatic heterocycles. The Morgan fingerprint density at radius 1 is 1.41 bits per heavy atom. The maximum atomic E-state index is 14.2. The fourth-order valence-electron chi connectivity index (χ4n) is 2.09. The van der Waals surface area contributed by atoms with Crippen LogP contribution < -0.4 is 5.43 Å². The van der Waals surface area contributed by atoms with Gasteiger partial charge in [-0.2, -0.15) is 0 Å². The number of halogens is 4. The van der Waals surface area contributed by atoms with Gasteiger partial charge in [0.1, 0.15) is 18.1 Å². The number of esters is 1. The summed E-state index contributed by atoms with van der Waals surface area (Å²) in [7, 11) is 0. The summed E-state index contributed by atoms with van der Waals surface area (Å²) >= 11 is 2.73. The average Bonchev–Trinajstić information content (AvgIpc) is 2.48. The van der Waals surface area contributed by atoms with Crippen LogP contribution in [-0.2, 0) is 11.3 Å². The first-order chi connectivity index (χ1) is 10.4. The van der Waals surface area contributed by atoms with E-state index in [9.17, 15) is 22.8 Å². The van der Waals surface area contributed by atoms with Gasteiger partial charge in [0.25, 0.3) is 0 Å². The zero-order valence-corrected chi connectivity index (χ0v) is 13.0. The van der Waals surface area contributed by atoms with Crippen molar-refractivity contribution in [2.24, 2.45) is 0 Å². The molecule has 1 aromatic carbocycles. The van der Waals surface area contributed by atoms with Crippen molar-refractivity contribution in [3.05, 3.63) is 44.2 Å². The molecule has 8 heteroatoms. The second-order valence-corrected chi connectivity index (χ2v) is 5.15. The number of hydrogen-bond donors (Lipinski definition) is 0. The maximum absolute atomic E-state index is 14.2. The van der Waals surface area contributed by atoms with Crippen LogP contribution in [-0.4, -0.2) is 23.8 Å². The van der Waals surface area contributed by atoms with Crippen molar-refractivity contribution >= 4 is 32.8 Å².